The molecule has 0 spiro atoms. The highest BCUT2D eigenvalue weighted by atomic mass is 16.5. The van der Waals surface area contributed by atoms with E-state index in [9.17, 15) is 4.79 Å². The van der Waals surface area contributed by atoms with Crippen LogP contribution in [0.3, 0.4) is 0 Å². The van der Waals surface area contributed by atoms with Gasteiger partial charge in [-0.2, -0.15) is 0 Å². The molecule has 2 amide bonds. The van der Waals surface area contributed by atoms with Gasteiger partial charge in [-0.1, -0.05) is 25.1 Å². The van der Waals surface area contributed by atoms with E-state index < -0.39 is 0 Å². The number of benzene rings is 1. The fourth-order valence-corrected chi connectivity index (χ4v) is 2.75. The van der Waals surface area contributed by atoms with E-state index >= 15 is 0 Å². The third-order valence-corrected chi connectivity index (χ3v) is 4.39. The molecule has 128 valence electrons. The van der Waals surface area contributed by atoms with Gasteiger partial charge in [-0.05, 0) is 37.8 Å². The van der Waals surface area contributed by atoms with Crippen LogP contribution in [0, 0.1) is 6.92 Å². The first kappa shape index (κ1) is 17.6. The summed E-state index contributed by atoms with van der Waals surface area (Å²) in [5.74, 6) is 0.884. The number of hydrogen-bond donors (Lipinski definition) is 1. The lowest BCUT2D eigenvalue weighted by Gasteiger charge is -2.31. The highest BCUT2D eigenvalue weighted by Gasteiger charge is 2.23. The Bertz CT molecular complexity index is 499. The summed E-state index contributed by atoms with van der Waals surface area (Å²) >= 11 is 0. The molecule has 0 aliphatic carbocycles. The van der Waals surface area contributed by atoms with Gasteiger partial charge in [0.25, 0.3) is 0 Å². The third kappa shape index (κ3) is 5.13. The van der Waals surface area contributed by atoms with Crippen molar-refractivity contribution >= 4 is 6.03 Å². The molecule has 1 heterocycles. The van der Waals surface area contributed by atoms with E-state index in [4.69, 9.17) is 9.47 Å². The molecule has 1 saturated heterocycles. The number of aryl methyl sites for hydroxylation is 1. The zero-order valence-electron chi connectivity index (χ0n) is 14.4. The molecule has 0 radical (unpaired) electrons. The number of nitrogens with one attached hydrogen (secondary N) is 1. The minimum atomic E-state index is -0.0171. The number of piperidine rings is 1. The lowest BCUT2D eigenvalue weighted by Crippen LogP contribution is -2.48. The number of hydrogen-bond acceptors (Lipinski definition) is 3. The van der Waals surface area contributed by atoms with Crippen molar-refractivity contribution in [2.45, 2.75) is 45.3 Å². The second-order valence-electron chi connectivity index (χ2n) is 6.02. The van der Waals surface area contributed by atoms with Gasteiger partial charge in [0.05, 0.1) is 12.6 Å². The molecule has 0 unspecified atom stereocenters. The monoisotopic (exact) mass is 320 g/mol. The minimum Gasteiger partial charge on any atom is -0.488 e. The minimum absolute atomic E-state index is 0.00798. The van der Waals surface area contributed by atoms with Gasteiger partial charge in [0, 0.05) is 20.2 Å². The second-order valence-corrected chi connectivity index (χ2v) is 6.02. The van der Waals surface area contributed by atoms with E-state index in [1.165, 1.54) is 0 Å². The quantitative estimate of drug-likeness (QED) is 0.877. The average Bonchev–Trinajstić information content (AvgIpc) is 2.60. The van der Waals surface area contributed by atoms with E-state index in [1.807, 2.05) is 36.1 Å². The van der Waals surface area contributed by atoms with E-state index in [1.54, 1.807) is 7.11 Å². The van der Waals surface area contributed by atoms with Crippen molar-refractivity contribution in [3.63, 3.8) is 0 Å². The number of amides is 2. The lowest BCUT2D eigenvalue weighted by molar-refractivity contribution is 0.0499. The number of likely N-dealkylation sites (tertiary alicyclic amines) is 1. The van der Waals surface area contributed by atoms with Crippen LogP contribution in [-0.2, 0) is 4.74 Å². The van der Waals surface area contributed by atoms with E-state index in [0.717, 1.165) is 43.7 Å². The van der Waals surface area contributed by atoms with Gasteiger partial charge in [-0.25, -0.2) is 4.79 Å². The van der Waals surface area contributed by atoms with Crippen molar-refractivity contribution in [3.8, 4) is 5.75 Å². The molecule has 5 nitrogen and oxygen atoms in total. The van der Waals surface area contributed by atoms with Crippen LogP contribution in [0.15, 0.2) is 24.3 Å². The molecule has 1 aromatic rings. The molecular formula is C18H28N2O3. The molecule has 1 atom stereocenters. The number of nitrogens with zero attached hydrogens (tertiary/aromatic N) is 1. The topological polar surface area (TPSA) is 50.8 Å². The summed E-state index contributed by atoms with van der Waals surface area (Å²) in [6.45, 7) is 6.12. The molecule has 2 rings (SSSR count). The summed E-state index contributed by atoms with van der Waals surface area (Å²) in [7, 11) is 1.73. The van der Waals surface area contributed by atoms with Crippen LogP contribution in [0.1, 0.15) is 31.7 Å². The Labute approximate surface area is 139 Å². The summed E-state index contributed by atoms with van der Waals surface area (Å²) in [5, 5.41) is 3.00. The Morgan fingerprint density at radius 2 is 2.04 bits per heavy atom. The van der Waals surface area contributed by atoms with Gasteiger partial charge in [-0.15, -0.1) is 0 Å². The van der Waals surface area contributed by atoms with Crippen molar-refractivity contribution in [1.82, 2.24) is 10.2 Å². The van der Waals surface area contributed by atoms with Crippen LogP contribution < -0.4 is 10.1 Å². The van der Waals surface area contributed by atoms with Gasteiger partial charge in [0.1, 0.15) is 11.9 Å². The number of urea groups is 1. The highest BCUT2D eigenvalue weighted by Crippen LogP contribution is 2.18. The molecule has 1 N–H and O–H groups in total. The maximum atomic E-state index is 12.3. The van der Waals surface area contributed by atoms with Gasteiger partial charge in [0.2, 0.25) is 0 Å². The Morgan fingerprint density at radius 1 is 1.35 bits per heavy atom. The summed E-state index contributed by atoms with van der Waals surface area (Å²) in [6, 6.07) is 7.95. The second kappa shape index (κ2) is 8.77. The van der Waals surface area contributed by atoms with Gasteiger partial charge in [-0.3, -0.25) is 0 Å². The predicted octanol–water partition coefficient (Wildman–Crippen LogP) is 2.97. The van der Waals surface area contributed by atoms with Crippen LogP contribution in [0.4, 0.5) is 4.79 Å². The Morgan fingerprint density at radius 3 is 2.65 bits per heavy atom. The number of methoxy groups -OCH3 is 1. The summed E-state index contributed by atoms with van der Waals surface area (Å²) in [4.78, 5) is 14.1. The van der Waals surface area contributed by atoms with E-state index in [2.05, 4.69) is 12.2 Å². The Hall–Kier alpha value is -1.75. The molecule has 1 aromatic carbocycles. The largest absolute Gasteiger partial charge is 0.488 e. The molecule has 0 aromatic heterocycles. The molecule has 1 aliphatic rings. The summed E-state index contributed by atoms with van der Waals surface area (Å²) < 4.78 is 11.3. The van der Waals surface area contributed by atoms with Crippen molar-refractivity contribution in [2.75, 3.05) is 26.7 Å². The molecule has 1 aliphatic heterocycles. The van der Waals surface area contributed by atoms with Crippen molar-refractivity contribution in [1.29, 1.82) is 0 Å². The molecular weight excluding hydrogens is 292 g/mol. The SMILES string of the molecule is CC[C@@H](CNC(=O)N1CCC(OC)CC1)Oc1ccccc1C. The lowest BCUT2D eigenvalue weighted by atomic mass is 10.1. The maximum Gasteiger partial charge on any atom is 0.317 e. The first-order valence-corrected chi connectivity index (χ1v) is 8.41. The summed E-state index contributed by atoms with van der Waals surface area (Å²) in [5.41, 5.74) is 1.11. The predicted molar refractivity (Wildman–Crippen MR) is 90.9 cm³/mol. The van der Waals surface area contributed by atoms with Gasteiger partial charge in [0.15, 0.2) is 0 Å². The number of para-hydroxylation sites is 1. The normalized spacial score (nSPS) is 16.9. The zero-order chi connectivity index (χ0) is 16.7. The fraction of sp³-hybridized carbons (Fsp3) is 0.611. The first-order valence-electron chi connectivity index (χ1n) is 8.41. The molecule has 0 saturated carbocycles. The number of carbonyl (C=O) groups excluding carboxylic acids is 1. The fourth-order valence-electron chi connectivity index (χ4n) is 2.75. The standard InChI is InChI=1S/C18H28N2O3/c1-4-15(23-17-8-6-5-7-14(17)2)13-19-18(21)20-11-9-16(22-3)10-12-20/h5-8,15-16H,4,9-13H2,1-3H3,(H,19,21)/t15-/m0/s1. The first-order chi connectivity index (χ1) is 11.1. The highest BCUT2D eigenvalue weighted by molar-refractivity contribution is 5.74. The van der Waals surface area contributed by atoms with E-state index in [-0.39, 0.29) is 18.2 Å². The van der Waals surface area contributed by atoms with Crippen molar-refractivity contribution < 1.29 is 14.3 Å². The zero-order valence-corrected chi connectivity index (χ0v) is 14.4. The molecule has 1 fully saturated rings. The van der Waals surface area contributed by atoms with Crippen LogP contribution in [0.5, 0.6) is 5.75 Å². The Kier molecular flexibility index (Phi) is 6.71. The molecule has 5 heteroatoms. The smallest absolute Gasteiger partial charge is 0.317 e. The van der Waals surface area contributed by atoms with Crippen LogP contribution in [0.25, 0.3) is 0 Å². The van der Waals surface area contributed by atoms with Crippen molar-refractivity contribution in [3.05, 3.63) is 29.8 Å². The molecule has 0 bridgehead atoms. The molecule has 23 heavy (non-hydrogen) atoms. The van der Waals surface area contributed by atoms with Crippen molar-refractivity contribution in [2.24, 2.45) is 0 Å². The third-order valence-electron chi connectivity index (χ3n) is 4.39. The maximum absolute atomic E-state index is 12.3. The van der Waals surface area contributed by atoms with Crippen LogP contribution >= 0.6 is 0 Å². The van der Waals surface area contributed by atoms with Gasteiger partial charge >= 0.3 is 6.03 Å². The number of carbonyl (C=O) groups is 1. The summed E-state index contributed by atoms with van der Waals surface area (Å²) in [6.07, 6.45) is 2.92. The number of rotatable bonds is 6. The average molecular weight is 320 g/mol. The van der Waals surface area contributed by atoms with Crippen LogP contribution in [-0.4, -0.2) is 49.9 Å². The number of ether oxygens (including phenoxy) is 2. The van der Waals surface area contributed by atoms with Crippen LogP contribution in [0.2, 0.25) is 0 Å². The van der Waals surface area contributed by atoms with Gasteiger partial charge < -0.3 is 19.7 Å². The Balaban J connectivity index is 1.79. The van der Waals surface area contributed by atoms with E-state index in [0.29, 0.717) is 6.54 Å².